The van der Waals surface area contributed by atoms with Crippen LogP contribution in [0.5, 0.6) is 0 Å². The van der Waals surface area contributed by atoms with Gasteiger partial charge >= 0.3 is 5.97 Å². The van der Waals surface area contributed by atoms with Crippen molar-refractivity contribution in [1.82, 2.24) is 24.3 Å². The molecule has 3 heterocycles. The molecule has 1 aliphatic heterocycles. The van der Waals surface area contributed by atoms with Crippen molar-refractivity contribution in [2.75, 3.05) is 13.7 Å². The third-order valence-corrected chi connectivity index (χ3v) is 4.44. The summed E-state index contributed by atoms with van der Waals surface area (Å²) in [4.78, 5) is 16.6. The fraction of sp³-hybridized carbons (Fsp3) is 0.294. The number of methoxy groups -OCH3 is 1. The van der Waals surface area contributed by atoms with Crippen molar-refractivity contribution in [2.24, 2.45) is 0 Å². The number of halogens is 1. The summed E-state index contributed by atoms with van der Waals surface area (Å²) >= 11 is 6.21. The van der Waals surface area contributed by atoms with Crippen LogP contribution in [0.1, 0.15) is 28.9 Å². The molecule has 0 amide bonds. The van der Waals surface area contributed by atoms with Gasteiger partial charge in [-0.25, -0.2) is 9.78 Å². The standard InChI is InChI=1S/C17H16ClN5O3/c1-3-26-17(24)15-13-7-22-14(8-25-2)20-21-16(22)11-6-10(18)4-5-12(11)23(13)9-19-15/h4-6,9H,3,7-8H2,1-2H3. The Morgan fingerprint density at radius 1 is 1.35 bits per heavy atom. The Labute approximate surface area is 154 Å². The fourth-order valence-corrected chi connectivity index (χ4v) is 3.26. The van der Waals surface area contributed by atoms with Gasteiger partial charge in [0.05, 0.1) is 24.5 Å². The van der Waals surface area contributed by atoms with Crippen molar-refractivity contribution in [1.29, 1.82) is 0 Å². The van der Waals surface area contributed by atoms with E-state index in [1.807, 2.05) is 21.3 Å². The van der Waals surface area contributed by atoms with Gasteiger partial charge in [-0.05, 0) is 25.1 Å². The summed E-state index contributed by atoms with van der Waals surface area (Å²) in [5, 5.41) is 9.12. The molecule has 0 saturated heterocycles. The van der Waals surface area contributed by atoms with E-state index in [0.717, 1.165) is 11.3 Å². The molecule has 0 unspecified atom stereocenters. The summed E-state index contributed by atoms with van der Waals surface area (Å²) in [7, 11) is 1.59. The second-order valence-corrected chi connectivity index (χ2v) is 6.19. The molecule has 26 heavy (non-hydrogen) atoms. The SMILES string of the molecule is CCOC(=O)c1ncn2c1Cn1c(COC)nnc1-c1cc(Cl)ccc1-2. The summed E-state index contributed by atoms with van der Waals surface area (Å²) in [5.41, 5.74) is 2.60. The molecule has 0 aliphatic carbocycles. The second-order valence-electron chi connectivity index (χ2n) is 5.75. The van der Waals surface area contributed by atoms with Gasteiger partial charge in [0, 0.05) is 17.7 Å². The van der Waals surface area contributed by atoms with Gasteiger partial charge in [-0.3, -0.25) is 4.57 Å². The van der Waals surface area contributed by atoms with E-state index < -0.39 is 5.97 Å². The maximum absolute atomic E-state index is 12.3. The molecule has 4 rings (SSSR count). The summed E-state index contributed by atoms with van der Waals surface area (Å²) < 4.78 is 14.1. The van der Waals surface area contributed by atoms with Crippen LogP contribution in [0.4, 0.5) is 0 Å². The predicted octanol–water partition coefficient (Wildman–Crippen LogP) is 2.47. The monoisotopic (exact) mass is 373 g/mol. The lowest BCUT2D eigenvalue weighted by Gasteiger charge is -2.09. The number of aromatic nitrogens is 5. The van der Waals surface area contributed by atoms with Crippen LogP contribution in [-0.2, 0) is 22.6 Å². The van der Waals surface area contributed by atoms with Gasteiger partial charge < -0.3 is 14.0 Å². The molecular formula is C17H16ClN5O3. The number of ether oxygens (including phenoxy) is 2. The Morgan fingerprint density at radius 2 is 2.19 bits per heavy atom. The summed E-state index contributed by atoms with van der Waals surface area (Å²) in [6.45, 7) is 2.70. The van der Waals surface area contributed by atoms with Crippen molar-refractivity contribution < 1.29 is 14.3 Å². The number of rotatable bonds is 4. The van der Waals surface area contributed by atoms with Crippen LogP contribution in [0.2, 0.25) is 5.02 Å². The van der Waals surface area contributed by atoms with Gasteiger partial charge in [0.15, 0.2) is 17.3 Å². The van der Waals surface area contributed by atoms with Gasteiger partial charge in [0.2, 0.25) is 0 Å². The topological polar surface area (TPSA) is 84.1 Å². The zero-order valence-electron chi connectivity index (χ0n) is 14.3. The average molecular weight is 374 g/mol. The highest BCUT2D eigenvalue weighted by atomic mass is 35.5. The first-order valence-corrected chi connectivity index (χ1v) is 8.46. The molecule has 0 spiro atoms. The van der Waals surface area contributed by atoms with E-state index in [9.17, 15) is 4.79 Å². The van der Waals surface area contributed by atoms with Crippen molar-refractivity contribution in [3.63, 3.8) is 0 Å². The third kappa shape index (κ3) is 2.58. The van der Waals surface area contributed by atoms with E-state index in [0.29, 0.717) is 35.5 Å². The number of carbonyl (C=O) groups is 1. The molecule has 1 aliphatic rings. The first-order chi connectivity index (χ1) is 12.6. The first-order valence-electron chi connectivity index (χ1n) is 8.08. The molecule has 134 valence electrons. The highest BCUT2D eigenvalue weighted by molar-refractivity contribution is 6.31. The lowest BCUT2D eigenvalue weighted by atomic mass is 10.1. The lowest BCUT2D eigenvalue weighted by Crippen LogP contribution is -2.13. The highest BCUT2D eigenvalue weighted by Crippen LogP contribution is 2.34. The second kappa shape index (κ2) is 6.54. The molecule has 3 aromatic rings. The van der Waals surface area contributed by atoms with Crippen LogP contribution in [-0.4, -0.2) is 44.0 Å². The van der Waals surface area contributed by atoms with Crippen molar-refractivity contribution >= 4 is 17.6 Å². The Hall–Kier alpha value is -2.71. The molecular weight excluding hydrogens is 358 g/mol. The average Bonchev–Trinajstić information content (AvgIpc) is 3.18. The van der Waals surface area contributed by atoms with Gasteiger partial charge in [-0.15, -0.1) is 10.2 Å². The minimum absolute atomic E-state index is 0.276. The number of esters is 1. The molecule has 2 aromatic heterocycles. The molecule has 9 heteroatoms. The van der Waals surface area contributed by atoms with E-state index in [2.05, 4.69) is 15.2 Å². The van der Waals surface area contributed by atoms with Crippen LogP contribution in [0.15, 0.2) is 24.5 Å². The highest BCUT2D eigenvalue weighted by Gasteiger charge is 2.28. The smallest absolute Gasteiger partial charge is 0.358 e. The Balaban J connectivity index is 1.97. The number of carbonyl (C=O) groups excluding carboxylic acids is 1. The lowest BCUT2D eigenvalue weighted by molar-refractivity contribution is 0.0518. The van der Waals surface area contributed by atoms with Gasteiger partial charge in [-0.1, -0.05) is 11.6 Å². The molecule has 0 fully saturated rings. The fourth-order valence-electron chi connectivity index (χ4n) is 3.09. The number of nitrogens with zero attached hydrogens (tertiary/aromatic N) is 5. The number of fused-ring (bicyclic) bond motifs is 5. The van der Waals surface area contributed by atoms with E-state index >= 15 is 0 Å². The molecule has 0 saturated carbocycles. The van der Waals surface area contributed by atoms with E-state index in [-0.39, 0.29) is 12.3 Å². The molecule has 1 aromatic carbocycles. The Kier molecular flexibility index (Phi) is 4.21. The first kappa shape index (κ1) is 16.7. The van der Waals surface area contributed by atoms with Gasteiger partial charge in [0.1, 0.15) is 12.9 Å². The third-order valence-electron chi connectivity index (χ3n) is 4.20. The normalized spacial score (nSPS) is 12.1. The zero-order valence-corrected chi connectivity index (χ0v) is 15.0. The van der Waals surface area contributed by atoms with E-state index in [1.165, 1.54) is 0 Å². The summed E-state index contributed by atoms with van der Waals surface area (Å²) in [6, 6.07) is 5.49. The van der Waals surface area contributed by atoms with Gasteiger partial charge in [0.25, 0.3) is 0 Å². The molecule has 8 nitrogen and oxygen atoms in total. The number of hydrogen-bond acceptors (Lipinski definition) is 6. The minimum atomic E-state index is -0.457. The van der Waals surface area contributed by atoms with Crippen LogP contribution in [0.3, 0.4) is 0 Å². The van der Waals surface area contributed by atoms with Crippen LogP contribution >= 0.6 is 11.6 Å². The van der Waals surface area contributed by atoms with Crippen molar-refractivity contribution in [3.05, 3.63) is 46.8 Å². The maximum atomic E-state index is 12.3. The largest absolute Gasteiger partial charge is 0.461 e. The maximum Gasteiger partial charge on any atom is 0.358 e. The predicted molar refractivity (Wildman–Crippen MR) is 93.4 cm³/mol. The van der Waals surface area contributed by atoms with Crippen molar-refractivity contribution in [3.8, 4) is 17.1 Å². The van der Waals surface area contributed by atoms with E-state index in [4.69, 9.17) is 21.1 Å². The Morgan fingerprint density at radius 3 is 2.96 bits per heavy atom. The van der Waals surface area contributed by atoms with Crippen LogP contribution < -0.4 is 0 Å². The molecule has 0 atom stereocenters. The van der Waals surface area contributed by atoms with Crippen LogP contribution in [0, 0.1) is 0 Å². The number of hydrogen-bond donors (Lipinski definition) is 0. The molecule has 0 N–H and O–H groups in total. The summed E-state index contributed by atoms with van der Waals surface area (Å²) in [5.74, 6) is 0.854. The quantitative estimate of drug-likeness (QED) is 0.511. The van der Waals surface area contributed by atoms with E-state index in [1.54, 1.807) is 26.4 Å². The van der Waals surface area contributed by atoms with Gasteiger partial charge in [-0.2, -0.15) is 0 Å². The van der Waals surface area contributed by atoms with Crippen LogP contribution in [0.25, 0.3) is 17.1 Å². The molecule has 0 bridgehead atoms. The summed E-state index contributed by atoms with van der Waals surface area (Å²) in [6.07, 6.45) is 1.62. The Bertz CT molecular complexity index is 994. The molecule has 0 radical (unpaired) electrons. The number of benzene rings is 1. The van der Waals surface area contributed by atoms with Crippen molar-refractivity contribution in [2.45, 2.75) is 20.1 Å². The minimum Gasteiger partial charge on any atom is -0.461 e. The zero-order chi connectivity index (χ0) is 18.3. The number of imidazole rings is 1.